The lowest BCUT2D eigenvalue weighted by Crippen LogP contribution is -2.34. The SMILES string of the molecule is CNC(C)(C)c1nc2ccc(Cl)cc2[nH]1. The highest BCUT2D eigenvalue weighted by Gasteiger charge is 2.21. The highest BCUT2D eigenvalue weighted by molar-refractivity contribution is 6.31. The summed E-state index contributed by atoms with van der Waals surface area (Å²) >= 11 is 5.91. The monoisotopic (exact) mass is 223 g/mol. The topological polar surface area (TPSA) is 40.7 Å². The molecule has 0 radical (unpaired) electrons. The number of halogens is 1. The summed E-state index contributed by atoms with van der Waals surface area (Å²) in [5.41, 5.74) is 1.75. The lowest BCUT2D eigenvalue weighted by Gasteiger charge is -2.20. The van der Waals surface area contributed by atoms with Crippen LogP contribution in [0.1, 0.15) is 19.7 Å². The molecule has 0 atom stereocenters. The molecular formula is C11H14ClN3. The van der Waals surface area contributed by atoms with E-state index in [0.717, 1.165) is 21.9 Å². The van der Waals surface area contributed by atoms with Crippen molar-refractivity contribution in [1.29, 1.82) is 0 Å². The minimum absolute atomic E-state index is 0.161. The lowest BCUT2D eigenvalue weighted by molar-refractivity contribution is 0.422. The highest BCUT2D eigenvalue weighted by atomic mass is 35.5. The Morgan fingerprint density at radius 2 is 2.13 bits per heavy atom. The van der Waals surface area contributed by atoms with Gasteiger partial charge in [-0.1, -0.05) is 11.6 Å². The van der Waals surface area contributed by atoms with Gasteiger partial charge in [-0.2, -0.15) is 0 Å². The number of rotatable bonds is 2. The maximum Gasteiger partial charge on any atom is 0.127 e. The molecule has 0 fully saturated rings. The molecule has 0 aliphatic rings. The zero-order valence-corrected chi connectivity index (χ0v) is 9.81. The number of aromatic nitrogens is 2. The maximum absolute atomic E-state index is 5.91. The van der Waals surface area contributed by atoms with Gasteiger partial charge < -0.3 is 10.3 Å². The number of H-pyrrole nitrogens is 1. The predicted molar refractivity (Wildman–Crippen MR) is 63.2 cm³/mol. The zero-order chi connectivity index (χ0) is 11.1. The van der Waals surface area contributed by atoms with Gasteiger partial charge in [-0.3, -0.25) is 0 Å². The van der Waals surface area contributed by atoms with E-state index < -0.39 is 0 Å². The summed E-state index contributed by atoms with van der Waals surface area (Å²) in [6.07, 6.45) is 0. The molecule has 0 unspecified atom stereocenters. The highest BCUT2D eigenvalue weighted by Crippen LogP contribution is 2.22. The molecular weight excluding hydrogens is 210 g/mol. The van der Waals surface area contributed by atoms with Gasteiger partial charge in [-0.25, -0.2) is 4.98 Å². The van der Waals surface area contributed by atoms with Crippen LogP contribution in [0.3, 0.4) is 0 Å². The van der Waals surface area contributed by atoms with Crippen LogP contribution < -0.4 is 5.32 Å². The molecule has 3 nitrogen and oxygen atoms in total. The number of fused-ring (bicyclic) bond motifs is 1. The summed E-state index contributed by atoms with van der Waals surface area (Å²) in [6.45, 7) is 4.15. The normalized spacial score (nSPS) is 12.3. The van der Waals surface area contributed by atoms with Gasteiger partial charge in [0.15, 0.2) is 0 Å². The number of imidazole rings is 1. The Hall–Kier alpha value is -1.06. The maximum atomic E-state index is 5.91. The summed E-state index contributed by atoms with van der Waals surface area (Å²) in [6, 6.07) is 5.66. The van der Waals surface area contributed by atoms with Crippen molar-refractivity contribution in [1.82, 2.24) is 15.3 Å². The van der Waals surface area contributed by atoms with E-state index in [1.54, 1.807) is 0 Å². The molecule has 0 saturated carbocycles. The molecule has 15 heavy (non-hydrogen) atoms. The average molecular weight is 224 g/mol. The number of hydrogen-bond acceptors (Lipinski definition) is 2. The van der Waals surface area contributed by atoms with E-state index in [2.05, 4.69) is 29.1 Å². The lowest BCUT2D eigenvalue weighted by atomic mass is 10.1. The predicted octanol–water partition coefficient (Wildman–Crippen LogP) is 2.67. The number of aromatic amines is 1. The second-order valence-corrected chi connectivity index (χ2v) is 4.56. The third-order valence-electron chi connectivity index (χ3n) is 2.66. The molecule has 2 aromatic rings. The second-order valence-electron chi connectivity index (χ2n) is 4.12. The molecule has 80 valence electrons. The summed E-state index contributed by atoms with van der Waals surface area (Å²) in [5.74, 6) is 0.919. The Bertz CT molecular complexity index is 488. The van der Waals surface area contributed by atoms with E-state index in [1.807, 2.05) is 25.2 Å². The van der Waals surface area contributed by atoms with Crippen molar-refractivity contribution in [3.8, 4) is 0 Å². The van der Waals surface area contributed by atoms with Crippen molar-refractivity contribution < 1.29 is 0 Å². The van der Waals surface area contributed by atoms with Crippen molar-refractivity contribution in [2.24, 2.45) is 0 Å². The van der Waals surface area contributed by atoms with E-state index in [-0.39, 0.29) is 5.54 Å². The molecule has 0 spiro atoms. The van der Waals surface area contributed by atoms with Gasteiger partial charge in [0, 0.05) is 5.02 Å². The van der Waals surface area contributed by atoms with Crippen molar-refractivity contribution in [3.05, 3.63) is 29.0 Å². The van der Waals surface area contributed by atoms with Crippen LogP contribution in [-0.2, 0) is 5.54 Å². The molecule has 1 heterocycles. The Kier molecular flexibility index (Phi) is 2.44. The Balaban J connectivity index is 2.56. The first kappa shape index (κ1) is 10.5. The molecule has 2 N–H and O–H groups in total. The van der Waals surface area contributed by atoms with Gasteiger partial charge in [0.25, 0.3) is 0 Å². The third-order valence-corrected chi connectivity index (χ3v) is 2.90. The molecule has 1 aromatic heterocycles. The van der Waals surface area contributed by atoms with Gasteiger partial charge in [0.2, 0.25) is 0 Å². The molecule has 2 rings (SSSR count). The molecule has 0 amide bonds. The Morgan fingerprint density at radius 1 is 1.40 bits per heavy atom. The van der Waals surface area contributed by atoms with E-state index in [1.165, 1.54) is 0 Å². The number of nitrogens with one attached hydrogen (secondary N) is 2. The average Bonchev–Trinajstić information content (AvgIpc) is 2.61. The largest absolute Gasteiger partial charge is 0.340 e. The van der Waals surface area contributed by atoms with E-state index in [0.29, 0.717) is 0 Å². The van der Waals surface area contributed by atoms with Gasteiger partial charge >= 0.3 is 0 Å². The Morgan fingerprint density at radius 3 is 2.80 bits per heavy atom. The van der Waals surface area contributed by atoms with Crippen LogP contribution in [0.15, 0.2) is 18.2 Å². The van der Waals surface area contributed by atoms with Crippen molar-refractivity contribution in [3.63, 3.8) is 0 Å². The first-order valence-electron chi connectivity index (χ1n) is 4.87. The quantitative estimate of drug-likeness (QED) is 0.822. The van der Waals surface area contributed by atoms with Crippen LogP contribution in [-0.4, -0.2) is 17.0 Å². The van der Waals surface area contributed by atoms with Crippen LogP contribution in [0.25, 0.3) is 11.0 Å². The van der Waals surface area contributed by atoms with Gasteiger partial charge in [-0.15, -0.1) is 0 Å². The number of benzene rings is 1. The number of hydrogen-bond donors (Lipinski definition) is 2. The first-order chi connectivity index (χ1) is 7.03. The van der Waals surface area contributed by atoms with Crippen LogP contribution in [0.4, 0.5) is 0 Å². The summed E-state index contributed by atoms with van der Waals surface area (Å²) in [7, 11) is 1.92. The minimum Gasteiger partial charge on any atom is -0.340 e. The first-order valence-corrected chi connectivity index (χ1v) is 5.25. The van der Waals surface area contributed by atoms with E-state index in [4.69, 9.17) is 11.6 Å². The summed E-state index contributed by atoms with van der Waals surface area (Å²) < 4.78 is 0. The van der Waals surface area contributed by atoms with Crippen molar-refractivity contribution >= 4 is 22.6 Å². The Labute approximate surface area is 93.9 Å². The van der Waals surface area contributed by atoms with Crippen molar-refractivity contribution in [2.45, 2.75) is 19.4 Å². The molecule has 0 saturated heterocycles. The molecule has 0 aliphatic carbocycles. The smallest absolute Gasteiger partial charge is 0.127 e. The second kappa shape index (κ2) is 3.51. The molecule has 4 heteroatoms. The third kappa shape index (κ3) is 1.85. The standard InChI is InChI=1S/C11H14ClN3/c1-11(2,13-3)10-14-8-5-4-7(12)6-9(8)15-10/h4-6,13H,1-3H3,(H,14,15). The van der Waals surface area contributed by atoms with Crippen LogP contribution in [0.5, 0.6) is 0 Å². The molecule has 0 bridgehead atoms. The van der Waals surface area contributed by atoms with Crippen molar-refractivity contribution in [2.75, 3.05) is 7.05 Å². The minimum atomic E-state index is -0.161. The van der Waals surface area contributed by atoms with E-state index >= 15 is 0 Å². The van der Waals surface area contributed by atoms with Gasteiger partial charge in [0.05, 0.1) is 16.6 Å². The zero-order valence-electron chi connectivity index (χ0n) is 9.06. The molecule has 1 aromatic carbocycles. The van der Waals surface area contributed by atoms with E-state index in [9.17, 15) is 0 Å². The van der Waals surface area contributed by atoms with Crippen LogP contribution in [0, 0.1) is 0 Å². The fraction of sp³-hybridized carbons (Fsp3) is 0.364. The molecule has 0 aliphatic heterocycles. The van der Waals surface area contributed by atoms with Gasteiger partial charge in [-0.05, 0) is 39.1 Å². The summed E-state index contributed by atoms with van der Waals surface area (Å²) in [5, 5.41) is 3.93. The number of nitrogens with zero attached hydrogens (tertiary/aromatic N) is 1. The fourth-order valence-electron chi connectivity index (χ4n) is 1.40. The summed E-state index contributed by atoms with van der Waals surface area (Å²) in [4.78, 5) is 7.79. The van der Waals surface area contributed by atoms with Crippen LogP contribution >= 0.6 is 11.6 Å². The van der Waals surface area contributed by atoms with Crippen LogP contribution in [0.2, 0.25) is 5.02 Å². The fourth-order valence-corrected chi connectivity index (χ4v) is 1.57. The van der Waals surface area contributed by atoms with Gasteiger partial charge in [0.1, 0.15) is 5.82 Å².